The van der Waals surface area contributed by atoms with Gasteiger partial charge in [-0.3, -0.25) is 0 Å². The van der Waals surface area contributed by atoms with E-state index in [0.717, 1.165) is 17.9 Å². The molecule has 0 saturated heterocycles. The number of aryl methyl sites for hydroxylation is 1. The third-order valence-electron chi connectivity index (χ3n) is 2.66. The average Bonchev–Trinajstić information content (AvgIpc) is 2.90. The lowest BCUT2D eigenvalue weighted by atomic mass is 10.1. The van der Waals surface area contributed by atoms with Crippen LogP contribution in [0.25, 0.3) is 0 Å². The molecule has 2 aromatic rings. The van der Waals surface area contributed by atoms with E-state index >= 15 is 0 Å². The van der Waals surface area contributed by atoms with Crippen molar-refractivity contribution in [1.82, 2.24) is 9.97 Å². The molecule has 0 aromatic carbocycles. The van der Waals surface area contributed by atoms with Gasteiger partial charge in [0, 0.05) is 18.9 Å². The lowest BCUT2D eigenvalue weighted by Gasteiger charge is -2.09. The summed E-state index contributed by atoms with van der Waals surface area (Å²) >= 11 is 0. The largest absolute Gasteiger partial charge is 0.481 e. The molecule has 0 fully saturated rings. The lowest BCUT2D eigenvalue weighted by molar-refractivity contribution is 0.161. The van der Waals surface area contributed by atoms with Crippen LogP contribution in [-0.2, 0) is 12.8 Å². The van der Waals surface area contributed by atoms with Crippen molar-refractivity contribution in [2.45, 2.75) is 25.4 Å². The smallest absolute Gasteiger partial charge is 0.216 e. The second-order valence-corrected chi connectivity index (χ2v) is 4.03. The zero-order valence-electron chi connectivity index (χ0n) is 10.2. The van der Waals surface area contributed by atoms with Crippen LogP contribution >= 0.6 is 0 Å². The van der Waals surface area contributed by atoms with Gasteiger partial charge in [0.25, 0.3) is 0 Å². The van der Waals surface area contributed by atoms with Crippen molar-refractivity contribution in [1.29, 1.82) is 0 Å². The van der Waals surface area contributed by atoms with Gasteiger partial charge in [0.15, 0.2) is 0 Å². The number of aliphatic hydroxyl groups is 1. The van der Waals surface area contributed by atoms with Crippen LogP contribution in [0, 0.1) is 0 Å². The summed E-state index contributed by atoms with van der Waals surface area (Å²) in [6.45, 7) is 0. The molecule has 2 heterocycles. The van der Waals surface area contributed by atoms with E-state index in [1.54, 1.807) is 19.4 Å². The van der Waals surface area contributed by atoms with E-state index in [9.17, 15) is 5.11 Å². The highest BCUT2D eigenvalue weighted by molar-refractivity contribution is 5.14. The molecule has 0 amide bonds. The number of aliphatic hydroxyl groups excluding tert-OH is 1. The predicted molar refractivity (Wildman–Crippen MR) is 65.3 cm³/mol. The van der Waals surface area contributed by atoms with Crippen LogP contribution in [0.2, 0.25) is 0 Å². The number of ether oxygens (including phenoxy) is 1. The summed E-state index contributed by atoms with van der Waals surface area (Å²) in [5, 5.41) is 9.92. The summed E-state index contributed by atoms with van der Waals surface area (Å²) in [5.74, 6) is 1.40. The van der Waals surface area contributed by atoms with E-state index < -0.39 is 6.10 Å². The Morgan fingerprint density at radius 3 is 3.06 bits per heavy atom. The minimum atomic E-state index is -0.449. The molecule has 1 N–H and O–H groups in total. The molecule has 2 aromatic heterocycles. The maximum Gasteiger partial charge on any atom is 0.216 e. The molecular weight excluding hydrogens is 232 g/mol. The number of rotatable bonds is 6. The van der Waals surface area contributed by atoms with Gasteiger partial charge in [-0.2, -0.15) is 0 Å². The van der Waals surface area contributed by atoms with Crippen molar-refractivity contribution in [3.05, 3.63) is 42.2 Å². The van der Waals surface area contributed by atoms with Crippen molar-refractivity contribution < 1.29 is 14.3 Å². The van der Waals surface area contributed by atoms with Gasteiger partial charge >= 0.3 is 0 Å². The van der Waals surface area contributed by atoms with Crippen LogP contribution in [0.15, 0.2) is 35.2 Å². The molecule has 0 radical (unpaired) electrons. The van der Waals surface area contributed by atoms with Gasteiger partial charge in [0.2, 0.25) is 5.88 Å². The Balaban J connectivity index is 1.84. The summed E-state index contributed by atoms with van der Waals surface area (Å²) in [6.07, 6.45) is 4.47. The van der Waals surface area contributed by atoms with Gasteiger partial charge in [-0.1, -0.05) is 0 Å². The molecule has 5 heteroatoms. The summed E-state index contributed by atoms with van der Waals surface area (Å²) in [6, 6.07) is 5.48. The number of methoxy groups -OCH3 is 1. The molecule has 5 nitrogen and oxygen atoms in total. The van der Waals surface area contributed by atoms with Crippen LogP contribution in [0.1, 0.15) is 17.9 Å². The molecular formula is C13H16N2O3. The first-order valence-electron chi connectivity index (χ1n) is 5.83. The van der Waals surface area contributed by atoms with Gasteiger partial charge in [0.1, 0.15) is 12.1 Å². The van der Waals surface area contributed by atoms with E-state index in [2.05, 4.69) is 9.97 Å². The fraction of sp³-hybridized carbons (Fsp3) is 0.385. The maximum absolute atomic E-state index is 9.92. The first-order valence-corrected chi connectivity index (χ1v) is 5.83. The SMILES string of the molecule is COc1cc(CC(O)CCc2ccco2)ncn1. The van der Waals surface area contributed by atoms with E-state index in [1.165, 1.54) is 6.33 Å². The fourth-order valence-electron chi connectivity index (χ4n) is 1.71. The third-order valence-corrected chi connectivity index (χ3v) is 2.66. The molecule has 0 bridgehead atoms. The topological polar surface area (TPSA) is 68.4 Å². The van der Waals surface area contributed by atoms with Crippen LogP contribution in [0.3, 0.4) is 0 Å². The number of furan rings is 1. The maximum atomic E-state index is 9.92. The number of nitrogens with zero attached hydrogens (tertiary/aromatic N) is 2. The van der Waals surface area contributed by atoms with Gasteiger partial charge in [-0.15, -0.1) is 0 Å². The molecule has 96 valence electrons. The summed E-state index contributed by atoms with van der Waals surface area (Å²) < 4.78 is 10.2. The minimum absolute atomic E-state index is 0.449. The third kappa shape index (κ3) is 3.56. The molecule has 0 aliphatic heterocycles. The van der Waals surface area contributed by atoms with E-state index in [4.69, 9.17) is 9.15 Å². The molecule has 1 atom stereocenters. The van der Waals surface area contributed by atoms with E-state index in [0.29, 0.717) is 18.7 Å². The van der Waals surface area contributed by atoms with Crippen molar-refractivity contribution in [2.24, 2.45) is 0 Å². The standard InChI is InChI=1S/C13H16N2O3/c1-17-13-8-10(14-9-15-13)7-11(16)4-5-12-3-2-6-18-12/h2-3,6,8-9,11,16H,4-5,7H2,1H3. The van der Waals surface area contributed by atoms with Gasteiger partial charge in [-0.05, 0) is 18.6 Å². The highest BCUT2D eigenvalue weighted by Crippen LogP contribution is 2.11. The number of hydrogen-bond acceptors (Lipinski definition) is 5. The van der Waals surface area contributed by atoms with Gasteiger partial charge < -0.3 is 14.3 Å². The van der Waals surface area contributed by atoms with Crippen LogP contribution in [-0.4, -0.2) is 28.3 Å². The Morgan fingerprint density at radius 2 is 2.33 bits per heavy atom. The van der Waals surface area contributed by atoms with Gasteiger partial charge in [-0.25, -0.2) is 9.97 Å². The van der Waals surface area contributed by atoms with Gasteiger partial charge in [0.05, 0.1) is 25.2 Å². The number of aromatic nitrogens is 2. The summed E-state index contributed by atoms with van der Waals surface area (Å²) in [4.78, 5) is 8.02. The molecule has 2 rings (SSSR count). The first kappa shape index (κ1) is 12.6. The normalized spacial score (nSPS) is 12.3. The van der Waals surface area contributed by atoms with E-state index in [1.807, 2.05) is 12.1 Å². The van der Waals surface area contributed by atoms with Crippen molar-refractivity contribution in [2.75, 3.05) is 7.11 Å². The first-order chi connectivity index (χ1) is 8.78. The molecule has 0 aliphatic carbocycles. The Hall–Kier alpha value is -1.88. The zero-order valence-corrected chi connectivity index (χ0v) is 10.2. The van der Waals surface area contributed by atoms with E-state index in [-0.39, 0.29) is 0 Å². The molecule has 0 saturated carbocycles. The predicted octanol–water partition coefficient (Wildman–Crippen LogP) is 1.61. The molecule has 1 unspecified atom stereocenters. The second kappa shape index (κ2) is 6.16. The quantitative estimate of drug-likeness (QED) is 0.841. The van der Waals surface area contributed by atoms with Crippen LogP contribution in [0.5, 0.6) is 5.88 Å². The Morgan fingerprint density at radius 1 is 1.44 bits per heavy atom. The average molecular weight is 248 g/mol. The summed E-state index contributed by atoms with van der Waals surface area (Å²) in [7, 11) is 1.56. The second-order valence-electron chi connectivity index (χ2n) is 4.03. The Labute approximate surface area is 105 Å². The zero-order chi connectivity index (χ0) is 12.8. The lowest BCUT2D eigenvalue weighted by Crippen LogP contribution is -2.12. The highest BCUT2D eigenvalue weighted by atomic mass is 16.5. The minimum Gasteiger partial charge on any atom is -0.481 e. The van der Waals surface area contributed by atoms with Crippen molar-refractivity contribution in [3.63, 3.8) is 0 Å². The molecule has 0 aliphatic rings. The monoisotopic (exact) mass is 248 g/mol. The molecule has 18 heavy (non-hydrogen) atoms. The van der Waals surface area contributed by atoms with Crippen molar-refractivity contribution >= 4 is 0 Å². The highest BCUT2D eigenvalue weighted by Gasteiger charge is 2.09. The van der Waals surface area contributed by atoms with Crippen LogP contribution in [0.4, 0.5) is 0 Å². The van der Waals surface area contributed by atoms with Crippen molar-refractivity contribution in [3.8, 4) is 5.88 Å². The summed E-state index contributed by atoms with van der Waals surface area (Å²) in [5.41, 5.74) is 0.772. The van der Waals surface area contributed by atoms with Crippen LogP contribution < -0.4 is 4.74 Å². The Bertz CT molecular complexity index is 471. The fourth-order valence-corrected chi connectivity index (χ4v) is 1.71. The Kier molecular flexibility index (Phi) is 4.30. The number of hydrogen-bond donors (Lipinski definition) is 1. The molecule has 0 spiro atoms.